The molecule has 19 heavy (non-hydrogen) atoms. The van der Waals surface area contributed by atoms with Crippen LogP contribution < -0.4 is 16.0 Å². The number of hydrogen-bond acceptors (Lipinski definition) is 3. The van der Waals surface area contributed by atoms with Crippen LogP contribution in [0.1, 0.15) is 24.5 Å². The Labute approximate surface area is 113 Å². The summed E-state index contributed by atoms with van der Waals surface area (Å²) in [5.41, 5.74) is 3.13. The molecule has 0 heterocycles. The molecule has 0 aliphatic rings. The number of imide groups is 1. The normalized spacial score (nSPS) is 9.84. The fourth-order valence-electron chi connectivity index (χ4n) is 1.71. The van der Waals surface area contributed by atoms with Crippen LogP contribution in [0.5, 0.6) is 0 Å². The van der Waals surface area contributed by atoms with Crippen molar-refractivity contribution in [2.75, 3.05) is 18.4 Å². The maximum Gasteiger partial charge on any atom is 0.321 e. The van der Waals surface area contributed by atoms with Gasteiger partial charge in [0.25, 0.3) is 0 Å². The number of anilines is 1. The van der Waals surface area contributed by atoms with Gasteiger partial charge in [-0.1, -0.05) is 13.0 Å². The largest absolute Gasteiger partial charge is 0.376 e. The SMILES string of the molecule is CCCNC(=O)NC(=O)CNc1cc(C)cc(C)c1. The topological polar surface area (TPSA) is 70.2 Å². The predicted octanol–water partition coefficient (Wildman–Crippen LogP) is 1.95. The second-order valence-corrected chi connectivity index (χ2v) is 4.53. The van der Waals surface area contributed by atoms with Crippen LogP contribution in [0.25, 0.3) is 0 Å². The molecule has 1 rings (SSSR count). The van der Waals surface area contributed by atoms with Crippen LogP contribution in [0, 0.1) is 13.8 Å². The maximum atomic E-state index is 11.5. The average Bonchev–Trinajstić information content (AvgIpc) is 2.33. The van der Waals surface area contributed by atoms with Gasteiger partial charge in [0.05, 0.1) is 6.54 Å². The van der Waals surface area contributed by atoms with Gasteiger partial charge in [-0.05, 0) is 43.5 Å². The lowest BCUT2D eigenvalue weighted by Gasteiger charge is -2.09. The summed E-state index contributed by atoms with van der Waals surface area (Å²) < 4.78 is 0. The number of benzene rings is 1. The minimum absolute atomic E-state index is 0.0719. The summed E-state index contributed by atoms with van der Waals surface area (Å²) in [5.74, 6) is -0.354. The molecule has 0 spiro atoms. The molecule has 0 saturated carbocycles. The van der Waals surface area contributed by atoms with Crippen molar-refractivity contribution in [2.24, 2.45) is 0 Å². The summed E-state index contributed by atoms with van der Waals surface area (Å²) in [5, 5.41) is 7.84. The Hall–Kier alpha value is -2.04. The van der Waals surface area contributed by atoms with E-state index in [-0.39, 0.29) is 12.5 Å². The lowest BCUT2D eigenvalue weighted by molar-refractivity contribution is -0.118. The van der Waals surface area contributed by atoms with Gasteiger partial charge < -0.3 is 10.6 Å². The first-order chi connectivity index (χ1) is 9.01. The highest BCUT2D eigenvalue weighted by Gasteiger charge is 2.06. The van der Waals surface area contributed by atoms with Crippen LogP contribution in [-0.4, -0.2) is 25.0 Å². The third-order valence-corrected chi connectivity index (χ3v) is 2.46. The Balaban J connectivity index is 2.39. The number of amides is 3. The van der Waals surface area contributed by atoms with E-state index in [1.807, 2.05) is 32.9 Å². The third kappa shape index (κ3) is 5.90. The summed E-state index contributed by atoms with van der Waals surface area (Å²) >= 11 is 0. The van der Waals surface area contributed by atoms with Crippen LogP contribution in [0.2, 0.25) is 0 Å². The highest BCUT2D eigenvalue weighted by atomic mass is 16.2. The van der Waals surface area contributed by atoms with Gasteiger partial charge in [0, 0.05) is 12.2 Å². The van der Waals surface area contributed by atoms with Gasteiger partial charge >= 0.3 is 6.03 Å². The van der Waals surface area contributed by atoms with Gasteiger partial charge in [-0.25, -0.2) is 4.79 Å². The van der Waals surface area contributed by atoms with E-state index in [0.717, 1.165) is 23.2 Å². The predicted molar refractivity (Wildman–Crippen MR) is 76.2 cm³/mol. The lowest BCUT2D eigenvalue weighted by atomic mass is 10.1. The summed E-state index contributed by atoms with van der Waals surface area (Å²) in [7, 11) is 0. The van der Waals surface area contributed by atoms with Crippen LogP contribution in [-0.2, 0) is 4.79 Å². The highest BCUT2D eigenvalue weighted by Crippen LogP contribution is 2.13. The molecule has 0 aliphatic heterocycles. The van der Waals surface area contributed by atoms with Crippen molar-refractivity contribution in [3.63, 3.8) is 0 Å². The Morgan fingerprint density at radius 3 is 2.32 bits per heavy atom. The van der Waals surface area contributed by atoms with Gasteiger partial charge in [0.2, 0.25) is 5.91 Å². The van der Waals surface area contributed by atoms with Crippen molar-refractivity contribution in [2.45, 2.75) is 27.2 Å². The van der Waals surface area contributed by atoms with E-state index < -0.39 is 6.03 Å². The number of nitrogens with one attached hydrogen (secondary N) is 3. The quantitative estimate of drug-likeness (QED) is 0.760. The number of rotatable bonds is 5. The lowest BCUT2D eigenvalue weighted by Crippen LogP contribution is -2.42. The molecule has 0 atom stereocenters. The fraction of sp³-hybridized carbons (Fsp3) is 0.429. The number of carbonyl (C=O) groups excluding carboxylic acids is 2. The van der Waals surface area contributed by atoms with E-state index in [9.17, 15) is 9.59 Å². The molecule has 1 aromatic rings. The molecule has 5 heteroatoms. The maximum absolute atomic E-state index is 11.5. The Morgan fingerprint density at radius 1 is 1.11 bits per heavy atom. The Kier molecular flexibility index (Phi) is 5.85. The van der Waals surface area contributed by atoms with Crippen molar-refractivity contribution in [3.8, 4) is 0 Å². The first-order valence-corrected chi connectivity index (χ1v) is 6.41. The minimum atomic E-state index is -0.450. The molecule has 0 fully saturated rings. The number of hydrogen-bond donors (Lipinski definition) is 3. The average molecular weight is 263 g/mol. The van der Waals surface area contributed by atoms with Crippen LogP contribution in [0.3, 0.4) is 0 Å². The van der Waals surface area contributed by atoms with E-state index in [1.165, 1.54) is 0 Å². The smallest absolute Gasteiger partial charge is 0.321 e. The Bertz CT molecular complexity index is 438. The first kappa shape index (κ1) is 15.0. The number of carbonyl (C=O) groups is 2. The molecule has 0 unspecified atom stereocenters. The van der Waals surface area contributed by atoms with E-state index >= 15 is 0 Å². The summed E-state index contributed by atoms with van der Waals surface area (Å²) in [4.78, 5) is 22.8. The van der Waals surface area contributed by atoms with Crippen molar-refractivity contribution >= 4 is 17.6 Å². The van der Waals surface area contributed by atoms with Crippen molar-refractivity contribution < 1.29 is 9.59 Å². The first-order valence-electron chi connectivity index (χ1n) is 6.41. The van der Waals surface area contributed by atoms with Crippen molar-refractivity contribution in [1.29, 1.82) is 0 Å². The summed E-state index contributed by atoms with van der Waals surface area (Å²) in [6, 6.07) is 5.52. The second kappa shape index (κ2) is 7.41. The van der Waals surface area contributed by atoms with Gasteiger partial charge in [0.1, 0.15) is 0 Å². The second-order valence-electron chi connectivity index (χ2n) is 4.53. The molecule has 3 N–H and O–H groups in total. The number of aryl methyl sites for hydroxylation is 2. The minimum Gasteiger partial charge on any atom is -0.376 e. The van der Waals surface area contributed by atoms with Gasteiger partial charge in [-0.3, -0.25) is 10.1 Å². The van der Waals surface area contributed by atoms with Crippen LogP contribution >= 0.6 is 0 Å². The Morgan fingerprint density at radius 2 is 1.74 bits per heavy atom. The van der Waals surface area contributed by atoms with Crippen molar-refractivity contribution in [1.82, 2.24) is 10.6 Å². The molecule has 3 amide bonds. The zero-order valence-electron chi connectivity index (χ0n) is 11.7. The molecule has 1 aromatic carbocycles. The van der Waals surface area contributed by atoms with Gasteiger partial charge in [-0.15, -0.1) is 0 Å². The zero-order valence-corrected chi connectivity index (χ0v) is 11.7. The molecule has 0 aliphatic carbocycles. The van der Waals surface area contributed by atoms with E-state index in [2.05, 4.69) is 22.0 Å². The molecular formula is C14H21N3O2. The van der Waals surface area contributed by atoms with E-state index in [4.69, 9.17) is 0 Å². The summed E-state index contributed by atoms with van der Waals surface area (Å²) in [6.45, 7) is 6.57. The van der Waals surface area contributed by atoms with Gasteiger partial charge in [-0.2, -0.15) is 0 Å². The zero-order chi connectivity index (χ0) is 14.3. The molecule has 0 radical (unpaired) electrons. The molecular weight excluding hydrogens is 242 g/mol. The van der Waals surface area contributed by atoms with E-state index in [1.54, 1.807) is 0 Å². The summed E-state index contributed by atoms with van der Waals surface area (Å²) in [6.07, 6.45) is 0.836. The van der Waals surface area contributed by atoms with Crippen LogP contribution in [0.4, 0.5) is 10.5 Å². The monoisotopic (exact) mass is 263 g/mol. The fourth-order valence-corrected chi connectivity index (χ4v) is 1.71. The standard InChI is InChI=1S/C14H21N3O2/c1-4-5-15-14(19)17-13(18)9-16-12-7-10(2)6-11(3)8-12/h6-8,16H,4-5,9H2,1-3H3,(H2,15,17,18,19). The highest BCUT2D eigenvalue weighted by molar-refractivity contribution is 5.96. The number of urea groups is 1. The van der Waals surface area contributed by atoms with Crippen LogP contribution in [0.15, 0.2) is 18.2 Å². The molecule has 0 aromatic heterocycles. The van der Waals surface area contributed by atoms with Crippen molar-refractivity contribution in [3.05, 3.63) is 29.3 Å². The third-order valence-electron chi connectivity index (χ3n) is 2.46. The molecule has 5 nitrogen and oxygen atoms in total. The molecule has 104 valence electrons. The molecule has 0 bridgehead atoms. The van der Waals surface area contributed by atoms with Gasteiger partial charge in [0.15, 0.2) is 0 Å². The molecule has 0 saturated heterocycles. The van der Waals surface area contributed by atoms with E-state index in [0.29, 0.717) is 6.54 Å².